The van der Waals surface area contributed by atoms with Gasteiger partial charge in [-0.15, -0.1) is 6.42 Å². The monoisotopic (exact) mass is 210 g/mol. The predicted molar refractivity (Wildman–Crippen MR) is 58.5 cm³/mol. The third-order valence-corrected chi connectivity index (χ3v) is 3.23. The topological polar surface area (TPSA) is 52.6 Å². The van der Waals surface area contributed by atoms with E-state index in [1.807, 2.05) is 14.0 Å². The summed E-state index contributed by atoms with van der Waals surface area (Å²) in [6.07, 6.45) is 6.35. The maximum Gasteiger partial charge on any atom is 0.324 e. The summed E-state index contributed by atoms with van der Waals surface area (Å²) >= 11 is 0. The van der Waals surface area contributed by atoms with Gasteiger partial charge in [-0.3, -0.25) is 10.1 Å². The van der Waals surface area contributed by atoms with Gasteiger partial charge in [0, 0.05) is 12.6 Å². The maximum atomic E-state index is 11.3. The van der Waals surface area contributed by atoms with E-state index in [0.717, 1.165) is 6.54 Å². The van der Waals surface area contributed by atoms with Crippen LogP contribution in [-0.4, -0.2) is 47.7 Å². The molecule has 0 aromatic heterocycles. The molecule has 84 valence electrons. The van der Waals surface area contributed by atoms with Crippen molar-refractivity contribution in [3.63, 3.8) is 0 Å². The van der Waals surface area contributed by atoms with Crippen LogP contribution in [0.15, 0.2) is 0 Å². The largest absolute Gasteiger partial charge is 0.480 e. The average molecular weight is 210 g/mol. The van der Waals surface area contributed by atoms with Gasteiger partial charge in [-0.2, -0.15) is 0 Å². The number of nitrogens with one attached hydrogen (secondary N) is 1. The van der Waals surface area contributed by atoms with E-state index in [4.69, 9.17) is 6.42 Å². The molecule has 2 atom stereocenters. The van der Waals surface area contributed by atoms with Gasteiger partial charge in [-0.25, -0.2) is 0 Å². The number of carbonyl (C=O) groups is 1. The molecule has 1 aliphatic rings. The Morgan fingerprint density at radius 3 is 2.93 bits per heavy atom. The second-order valence-corrected chi connectivity index (χ2v) is 4.23. The first-order chi connectivity index (χ1) is 7.02. The van der Waals surface area contributed by atoms with Gasteiger partial charge in [-0.1, -0.05) is 5.92 Å². The van der Waals surface area contributed by atoms with Crippen molar-refractivity contribution in [3.05, 3.63) is 0 Å². The van der Waals surface area contributed by atoms with Gasteiger partial charge in [0.1, 0.15) is 5.54 Å². The summed E-state index contributed by atoms with van der Waals surface area (Å²) in [6, 6.07) is 0.264. The molecule has 0 bridgehead atoms. The molecule has 0 saturated carbocycles. The van der Waals surface area contributed by atoms with Gasteiger partial charge >= 0.3 is 5.97 Å². The fourth-order valence-corrected chi connectivity index (χ4v) is 2.00. The molecule has 0 aliphatic carbocycles. The molecule has 2 unspecified atom stereocenters. The van der Waals surface area contributed by atoms with Crippen LogP contribution in [0.1, 0.15) is 19.8 Å². The number of aliphatic carboxylic acids is 1. The van der Waals surface area contributed by atoms with Crippen LogP contribution in [0.5, 0.6) is 0 Å². The van der Waals surface area contributed by atoms with E-state index >= 15 is 0 Å². The SMILES string of the molecule is C#CCNC1(C(=O)O)CCN(C)C(C)C1. The molecule has 4 nitrogen and oxygen atoms in total. The van der Waals surface area contributed by atoms with E-state index in [2.05, 4.69) is 16.1 Å². The van der Waals surface area contributed by atoms with Gasteiger partial charge in [0.05, 0.1) is 6.54 Å². The maximum absolute atomic E-state index is 11.3. The number of piperidine rings is 1. The number of hydrogen-bond donors (Lipinski definition) is 2. The molecular formula is C11H18N2O2. The van der Waals surface area contributed by atoms with Gasteiger partial charge in [0.25, 0.3) is 0 Å². The zero-order chi connectivity index (χ0) is 11.5. The fourth-order valence-electron chi connectivity index (χ4n) is 2.00. The number of nitrogens with zero attached hydrogens (tertiary/aromatic N) is 1. The lowest BCUT2D eigenvalue weighted by Gasteiger charge is -2.41. The standard InChI is InChI=1S/C11H18N2O2/c1-4-6-12-11(10(14)15)5-7-13(3)9(2)8-11/h1,9,12H,5-8H2,2-3H3,(H,14,15). The molecule has 0 radical (unpaired) electrons. The van der Waals surface area contributed by atoms with Crippen molar-refractivity contribution in [1.29, 1.82) is 0 Å². The molecular weight excluding hydrogens is 192 g/mol. The predicted octanol–water partition coefficient (Wildman–Crippen LogP) is 0.147. The Balaban J connectivity index is 2.75. The summed E-state index contributed by atoms with van der Waals surface area (Å²) in [5.74, 6) is 1.64. The lowest BCUT2D eigenvalue weighted by Crippen LogP contribution is -2.60. The van der Waals surface area contributed by atoms with E-state index in [9.17, 15) is 9.90 Å². The fraction of sp³-hybridized carbons (Fsp3) is 0.727. The normalized spacial score (nSPS) is 32.2. The van der Waals surface area contributed by atoms with E-state index in [0.29, 0.717) is 19.4 Å². The van der Waals surface area contributed by atoms with Gasteiger partial charge in [0.15, 0.2) is 0 Å². The first kappa shape index (κ1) is 12.0. The number of hydrogen-bond acceptors (Lipinski definition) is 3. The van der Waals surface area contributed by atoms with Crippen LogP contribution in [0.2, 0.25) is 0 Å². The Kier molecular flexibility index (Phi) is 3.72. The molecule has 1 aliphatic heterocycles. The van der Waals surface area contributed by atoms with Crippen molar-refractivity contribution in [2.75, 3.05) is 20.1 Å². The molecule has 1 saturated heterocycles. The van der Waals surface area contributed by atoms with Crippen LogP contribution in [0.25, 0.3) is 0 Å². The zero-order valence-electron chi connectivity index (χ0n) is 9.29. The highest BCUT2D eigenvalue weighted by molar-refractivity contribution is 5.79. The Hall–Kier alpha value is -1.05. The third-order valence-electron chi connectivity index (χ3n) is 3.23. The molecule has 0 aromatic carbocycles. The van der Waals surface area contributed by atoms with Crippen LogP contribution >= 0.6 is 0 Å². The second-order valence-electron chi connectivity index (χ2n) is 4.23. The Morgan fingerprint density at radius 1 is 1.80 bits per heavy atom. The van der Waals surface area contributed by atoms with Crippen molar-refractivity contribution in [3.8, 4) is 12.3 Å². The summed E-state index contributed by atoms with van der Waals surface area (Å²) in [6.45, 7) is 3.13. The van der Waals surface area contributed by atoms with Crippen LogP contribution < -0.4 is 5.32 Å². The average Bonchev–Trinajstić information content (AvgIpc) is 2.20. The van der Waals surface area contributed by atoms with Crippen LogP contribution in [0.4, 0.5) is 0 Å². The van der Waals surface area contributed by atoms with Crippen molar-refractivity contribution in [2.45, 2.75) is 31.3 Å². The highest BCUT2D eigenvalue weighted by Gasteiger charge is 2.42. The summed E-state index contributed by atoms with van der Waals surface area (Å²) in [4.78, 5) is 13.5. The minimum atomic E-state index is -0.835. The summed E-state index contributed by atoms with van der Waals surface area (Å²) in [7, 11) is 2.01. The number of likely N-dealkylation sites (tertiary alicyclic amines) is 1. The van der Waals surface area contributed by atoms with Crippen molar-refractivity contribution in [2.24, 2.45) is 0 Å². The zero-order valence-corrected chi connectivity index (χ0v) is 9.29. The molecule has 1 fully saturated rings. The van der Waals surface area contributed by atoms with Crippen molar-refractivity contribution >= 4 is 5.97 Å². The molecule has 2 N–H and O–H groups in total. The van der Waals surface area contributed by atoms with Crippen molar-refractivity contribution in [1.82, 2.24) is 10.2 Å². The van der Waals surface area contributed by atoms with Gasteiger partial charge in [-0.05, 0) is 26.8 Å². The minimum Gasteiger partial charge on any atom is -0.480 e. The highest BCUT2D eigenvalue weighted by Crippen LogP contribution is 2.26. The number of rotatable bonds is 3. The number of carboxylic acid groups (broad SMARTS) is 1. The summed E-state index contributed by atoms with van der Waals surface area (Å²) in [5, 5.41) is 12.2. The minimum absolute atomic E-state index is 0.264. The van der Waals surface area contributed by atoms with Crippen molar-refractivity contribution < 1.29 is 9.90 Å². The Bertz CT molecular complexity index is 285. The first-order valence-electron chi connectivity index (χ1n) is 5.14. The molecule has 4 heteroatoms. The Labute approximate surface area is 90.6 Å². The third kappa shape index (κ3) is 2.49. The van der Waals surface area contributed by atoms with Crippen LogP contribution in [0, 0.1) is 12.3 Å². The molecule has 1 heterocycles. The van der Waals surface area contributed by atoms with E-state index in [1.165, 1.54) is 0 Å². The lowest BCUT2D eigenvalue weighted by atomic mass is 9.84. The number of terminal acetylenes is 1. The molecule has 15 heavy (non-hydrogen) atoms. The van der Waals surface area contributed by atoms with Crippen LogP contribution in [-0.2, 0) is 4.79 Å². The smallest absolute Gasteiger partial charge is 0.324 e. The molecule has 0 amide bonds. The highest BCUT2D eigenvalue weighted by atomic mass is 16.4. The second kappa shape index (κ2) is 4.65. The van der Waals surface area contributed by atoms with Gasteiger partial charge in [0.2, 0.25) is 0 Å². The summed E-state index contributed by atoms with van der Waals surface area (Å²) < 4.78 is 0. The first-order valence-corrected chi connectivity index (χ1v) is 5.14. The molecule has 0 aromatic rings. The van der Waals surface area contributed by atoms with Gasteiger partial charge < -0.3 is 10.0 Å². The Morgan fingerprint density at radius 2 is 2.47 bits per heavy atom. The van der Waals surface area contributed by atoms with E-state index in [-0.39, 0.29) is 6.04 Å². The summed E-state index contributed by atoms with van der Waals surface area (Å²) in [5.41, 5.74) is -0.835. The molecule has 0 spiro atoms. The van der Waals surface area contributed by atoms with E-state index < -0.39 is 11.5 Å². The van der Waals surface area contributed by atoms with Crippen LogP contribution in [0.3, 0.4) is 0 Å². The lowest BCUT2D eigenvalue weighted by molar-refractivity contribution is -0.147. The number of carboxylic acids is 1. The molecule has 1 rings (SSSR count). The quantitative estimate of drug-likeness (QED) is 0.651. The van der Waals surface area contributed by atoms with E-state index in [1.54, 1.807) is 0 Å².